The first-order chi connectivity index (χ1) is 10.2. The number of benzene rings is 2. The lowest BCUT2D eigenvalue weighted by atomic mass is 10.2. The first kappa shape index (κ1) is 15.0. The van der Waals surface area contributed by atoms with Gasteiger partial charge < -0.3 is 4.90 Å². The largest absolute Gasteiger partial charge is 0.375 e. The van der Waals surface area contributed by atoms with Gasteiger partial charge >= 0.3 is 0 Å². The molecule has 0 bridgehead atoms. The van der Waals surface area contributed by atoms with Crippen LogP contribution in [0.2, 0.25) is 0 Å². The molecule has 21 heavy (non-hydrogen) atoms. The van der Waals surface area contributed by atoms with Gasteiger partial charge in [-0.2, -0.15) is 10.2 Å². The number of nitrogens with zero attached hydrogens (tertiary/aromatic N) is 3. The van der Waals surface area contributed by atoms with Gasteiger partial charge in [0.15, 0.2) is 0 Å². The minimum atomic E-state index is 0.859. The number of allylic oxidation sites excluding steroid dienone is 1. The number of azo groups is 1. The molecule has 2 rings (SSSR count). The smallest absolute Gasteiger partial charge is 0.0858 e. The molecule has 0 aliphatic carbocycles. The molecule has 0 saturated heterocycles. The van der Waals surface area contributed by atoms with Crippen molar-refractivity contribution in [2.75, 3.05) is 18.5 Å². The fourth-order valence-corrected chi connectivity index (χ4v) is 1.92. The van der Waals surface area contributed by atoms with Crippen LogP contribution in [0.25, 0.3) is 6.08 Å². The van der Waals surface area contributed by atoms with Gasteiger partial charge in [-0.3, -0.25) is 0 Å². The Bertz CT molecular complexity index is 610. The van der Waals surface area contributed by atoms with Crippen molar-refractivity contribution in [3.8, 4) is 0 Å². The SMILES string of the molecule is CC=Cc1ccc(N=Nc2ccc(N(C)CC)cc2)cc1. The first-order valence-corrected chi connectivity index (χ1v) is 7.18. The minimum Gasteiger partial charge on any atom is -0.375 e. The molecule has 0 unspecified atom stereocenters. The van der Waals surface area contributed by atoms with Crippen LogP contribution in [0.5, 0.6) is 0 Å². The van der Waals surface area contributed by atoms with Crippen molar-refractivity contribution in [1.29, 1.82) is 0 Å². The molecule has 0 aliphatic rings. The van der Waals surface area contributed by atoms with E-state index in [9.17, 15) is 0 Å². The molecule has 3 heteroatoms. The van der Waals surface area contributed by atoms with E-state index in [1.807, 2.05) is 49.4 Å². The van der Waals surface area contributed by atoms with Gasteiger partial charge in [0.2, 0.25) is 0 Å². The Balaban J connectivity index is 2.06. The second-order valence-electron chi connectivity index (χ2n) is 4.82. The van der Waals surface area contributed by atoms with Gasteiger partial charge in [0, 0.05) is 19.3 Å². The van der Waals surface area contributed by atoms with E-state index in [0.29, 0.717) is 0 Å². The zero-order valence-corrected chi connectivity index (χ0v) is 12.8. The van der Waals surface area contributed by atoms with Crippen LogP contribution in [-0.2, 0) is 0 Å². The number of hydrogen-bond acceptors (Lipinski definition) is 3. The molecule has 3 nitrogen and oxygen atoms in total. The molecule has 0 spiro atoms. The molecule has 0 amide bonds. The molecule has 0 N–H and O–H groups in total. The normalized spacial score (nSPS) is 11.4. The van der Waals surface area contributed by atoms with E-state index in [1.54, 1.807) is 0 Å². The third-order valence-corrected chi connectivity index (χ3v) is 3.30. The summed E-state index contributed by atoms with van der Waals surface area (Å²) in [6.07, 6.45) is 4.08. The highest BCUT2D eigenvalue weighted by molar-refractivity contribution is 5.54. The Hall–Kier alpha value is -2.42. The highest BCUT2D eigenvalue weighted by Gasteiger charge is 1.97. The Morgan fingerprint density at radius 3 is 1.90 bits per heavy atom. The number of anilines is 1. The Morgan fingerprint density at radius 1 is 0.905 bits per heavy atom. The van der Waals surface area contributed by atoms with Crippen LogP contribution in [0.4, 0.5) is 17.1 Å². The standard InChI is InChI=1S/C18H21N3/c1-4-6-15-7-9-16(10-8-15)19-20-17-11-13-18(14-12-17)21(3)5-2/h4,6-14H,5H2,1-3H3. The van der Waals surface area contributed by atoms with Crippen LogP contribution in [0, 0.1) is 0 Å². The predicted molar refractivity (Wildman–Crippen MR) is 90.7 cm³/mol. The number of hydrogen-bond donors (Lipinski definition) is 0. The van der Waals surface area contributed by atoms with E-state index >= 15 is 0 Å². The molecule has 2 aromatic rings. The van der Waals surface area contributed by atoms with Gasteiger partial charge in [0.25, 0.3) is 0 Å². The highest BCUT2D eigenvalue weighted by Crippen LogP contribution is 2.22. The van der Waals surface area contributed by atoms with Gasteiger partial charge in [-0.05, 0) is 55.8 Å². The zero-order chi connectivity index (χ0) is 15.1. The second kappa shape index (κ2) is 7.39. The van der Waals surface area contributed by atoms with Crippen LogP contribution >= 0.6 is 0 Å². The van der Waals surface area contributed by atoms with Gasteiger partial charge in [-0.1, -0.05) is 24.3 Å². The summed E-state index contributed by atoms with van der Waals surface area (Å²) in [6.45, 7) is 5.12. The van der Waals surface area contributed by atoms with Crippen LogP contribution < -0.4 is 4.90 Å². The van der Waals surface area contributed by atoms with E-state index in [4.69, 9.17) is 0 Å². The average molecular weight is 279 g/mol. The highest BCUT2D eigenvalue weighted by atomic mass is 15.1. The molecule has 2 aromatic carbocycles. The van der Waals surface area contributed by atoms with Crippen molar-refractivity contribution in [1.82, 2.24) is 0 Å². The van der Waals surface area contributed by atoms with Crippen LogP contribution in [-0.4, -0.2) is 13.6 Å². The number of rotatable bonds is 5. The molecule has 0 atom stereocenters. The van der Waals surface area contributed by atoms with Crippen LogP contribution in [0.15, 0.2) is 64.8 Å². The summed E-state index contributed by atoms with van der Waals surface area (Å²) < 4.78 is 0. The summed E-state index contributed by atoms with van der Waals surface area (Å²) in [7, 11) is 2.07. The maximum Gasteiger partial charge on any atom is 0.0858 e. The average Bonchev–Trinajstić information content (AvgIpc) is 2.54. The van der Waals surface area contributed by atoms with Crippen molar-refractivity contribution < 1.29 is 0 Å². The third-order valence-electron chi connectivity index (χ3n) is 3.30. The predicted octanol–water partition coefficient (Wildman–Crippen LogP) is 5.59. The lowest BCUT2D eigenvalue weighted by molar-refractivity contribution is 0.968. The van der Waals surface area contributed by atoms with E-state index in [-0.39, 0.29) is 0 Å². The second-order valence-corrected chi connectivity index (χ2v) is 4.82. The lowest BCUT2D eigenvalue weighted by Gasteiger charge is -2.16. The van der Waals surface area contributed by atoms with Gasteiger partial charge in [0.05, 0.1) is 11.4 Å². The first-order valence-electron chi connectivity index (χ1n) is 7.18. The van der Waals surface area contributed by atoms with Crippen LogP contribution in [0.3, 0.4) is 0 Å². The van der Waals surface area contributed by atoms with Crippen molar-refractivity contribution in [2.45, 2.75) is 13.8 Å². The van der Waals surface area contributed by atoms with Gasteiger partial charge in [0.1, 0.15) is 0 Å². The van der Waals surface area contributed by atoms with Crippen molar-refractivity contribution in [3.63, 3.8) is 0 Å². The van der Waals surface area contributed by atoms with Crippen molar-refractivity contribution >= 4 is 23.1 Å². The summed E-state index contributed by atoms with van der Waals surface area (Å²) in [4.78, 5) is 2.18. The van der Waals surface area contributed by atoms with Gasteiger partial charge in [-0.15, -0.1) is 0 Å². The summed E-state index contributed by atoms with van der Waals surface area (Å²) in [6, 6.07) is 16.1. The molecule has 0 aliphatic heterocycles. The molecular weight excluding hydrogens is 258 g/mol. The molecular formula is C18H21N3. The van der Waals surface area contributed by atoms with E-state index < -0.39 is 0 Å². The maximum absolute atomic E-state index is 4.27. The van der Waals surface area contributed by atoms with E-state index in [0.717, 1.165) is 17.9 Å². The summed E-state index contributed by atoms with van der Waals surface area (Å²) >= 11 is 0. The molecule has 108 valence electrons. The minimum absolute atomic E-state index is 0.859. The lowest BCUT2D eigenvalue weighted by Crippen LogP contribution is -2.15. The summed E-state index contributed by atoms with van der Waals surface area (Å²) in [5.41, 5.74) is 4.08. The fraction of sp³-hybridized carbons (Fsp3) is 0.222. The quantitative estimate of drug-likeness (QED) is 0.655. The van der Waals surface area contributed by atoms with Crippen LogP contribution in [0.1, 0.15) is 19.4 Å². The Labute approximate surface area is 126 Å². The zero-order valence-electron chi connectivity index (χ0n) is 12.8. The maximum atomic E-state index is 4.27. The molecule has 0 radical (unpaired) electrons. The van der Waals surface area contributed by atoms with Gasteiger partial charge in [-0.25, -0.2) is 0 Å². The van der Waals surface area contributed by atoms with Crippen molar-refractivity contribution in [2.24, 2.45) is 10.2 Å². The third kappa shape index (κ3) is 4.28. The topological polar surface area (TPSA) is 28.0 Å². The van der Waals surface area contributed by atoms with E-state index in [1.165, 1.54) is 11.3 Å². The molecule has 0 saturated carbocycles. The van der Waals surface area contributed by atoms with Crippen molar-refractivity contribution in [3.05, 3.63) is 60.2 Å². The molecule has 0 fully saturated rings. The monoisotopic (exact) mass is 279 g/mol. The Morgan fingerprint density at radius 2 is 1.43 bits per heavy atom. The molecule has 0 heterocycles. The van der Waals surface area contributed by atoms with E-state index in [2.05, 4.69) is 47.3 Å². The summed E-state index contributed by atoms with van der Waals surface area (Å²) in [5.74, 6) is 0. The Kier molecular flexibility index (Phi) is 5.27. The molecule has 0 aromatic heterocycles. The fourth-order valence-electron chi connectivity index (χ4n) is 1.92. The summed E-state index contributed by atoms with van der Waals surface area (Å²) in [5, 5.41) is 8.53.